The number of carbonyl (C=O) groups is 1. The molecule has 8 heteroatoms. The number of halogens is 1. The van der Waals surface area contributed by atoms with Crippen LogP contribution in [0.3, 0.4) is 0 Å². The SMILES string of the molecule is O=C(CNS(=O)(=O)c1ccc(Cl)cc1)N1CCN(C(c2ccccc2)c2ccccc2)CC1. The van der Waals surface area contributed by atoms with E-state index >= 15 is 0 Å². The largest absolute Gasteiger partial charge is 0.339 e. The van der Waals surface area contributed by atoms with Crippen molar-refractivity contribution in [1.29, 1.82) is 0 Å². The van der Waals surface area contributed by atoms with E-state index < -0.39 is 10.0 Å². The molecule has 172 valence electrons. The lowest BCUT2D eigenvalue weighted by atomic mass is 9.96. The summed E-state index contributed by atoms with van der Waals surface area (Å²) in [4.78, 5) is 16.9. The fourth-order valence-electron chi connectivity index (χ4n) is 4.08. The normalized spacial score (nSPS) is 15.0. The predicted octanol–water partition coefficient (Wildman–Crippen LogP) is 3.55. The van der Waals surface area contributed by atoms with Crippen LogP contribution in [-0.4, -0.2) is 56.8 Å². The second kappa shape index (κ2) is 10.5. The van der Waals surface area contributed by atoms with E-state index in [1.807, 2.05) is 36.4 Å². The van der Waals surface area contributed by atoms with Crippen molar-refractivity contribution >= 4 is 27.5 Å². The number of hydrogen-bond donors (Lipinski definition) is 1. The molecule has 0 atom stereocenters. The first kappa shape index (κ1) is 23.4. The Morgan fingerprint density at radius 1 is 0.818 bits per heavy atom. The van der Waals surface area contributed by atoms with Gasteiger partial charge in [0.2, 0.25) is 15.9 Å². The molecule has 1 heterocycles. The number of rotatable bonds is 7. The van der Waals surface area contributed by atoms with Crippen molar-refractivity contribution in [3.05, 3.63) is 101 Å². The third kappa shape index (κ3) is 5.81. The second-order valence-electron chi connectivity index (χ2n) is 7.92. The molecular formula is C25H26ClN3O3S. The molecule has 0 spiro atoms. The van der Waals surface area contributed by atoms with E-state index in [1.54, 1.807) is 4.90 Å². The van der Waals surface area contributed by atoms with Crippen LogP contribution >= 0.6 is 11.6 Å². The van der Waals surface area contributed by atoms with E-state index in [0.29, 0.717) is 31.2 Å². The zero-order valence-electron chi connectivity index (χ0n) is 18.1. The first-order chi connectivity index (χ1) is 15.9. The molecule has 0 saturated carbocycles. The van der Waals surface area contributed by atoms with Crippen molar-refractivity contribution < 1.29 is 13.2 Å². The Kier molecular flexibility index (Phi) is 7.45. The third-order valence-corrected chi connectivity index (χ3v) is 7.47. The van der Waals surface area contributed by atoms with Gasteiger partial charge in [-0.05, 0) is 35.4 Å². The molecule has 0 aromatic heterocycles. The summed E-state index contributed by atoms with van der Waals surface area (Å²) in [5.74, 6) is -0.233. The molecule has 3 aromatic carbocycles. The number of piperazine rings is 1. The Morgan fingerprint density at radius 3 is 1.85 bits per heavy atom. The number of nitrogens with one attached hydrogen (secondary N) is 1. The van der Waals surface area contributed by atoms with Crippen LogP contribution in [0.25, 0.3) is 0 Å². The lowest BCUT2D eigenvalue weighted by molar-refractivity contribution is -0.131. The molecule has 1 N–H and O–H groups in total. The summed E-state index contributed by atoms with van der Waals surface area (Å²) in [7, 11) is -3.77. The third-order valence-electron chi connectivity index (χ3n) is 5.80. The minimum Gasteiger partial charge on any atom is -0.339 e. The number of hydrogen-bond acceptors (Lipinski definition) is 4. The molecule has 1 fully saturated rings. The average molecular weight is 484 g/mol. The van der Waals surface area contributed by atoms with Gasteiger partial charge in [0.1, 0.15) is 0 Å². The first-order valence-electron chi connectivity index (χ1n) is 10.8. The fraction of sp³-hybridized carbons (Fsp3) is 0.240. The standard InChI is InChI=1S/C25H26ClN3O3S/c26-22-11-13-23(14-12-22)33(31,32)27-19-24(30)28-15-17-29(18-16-28)25(20-7-3-1-4-8-20)21-9-5-2-6-10-21/h1-14,25,27H,15-19H2. The van der Waals surface area contributed by atoms with Crippen LogP contribution in [-0.2, 0) is 14.8 Å². The highest BCUT2D eigenvalue weighted by molar-refractivity contribution is 7.89. The van der Waals surface area contributed by atoms with Crippen molar-refractivity contribution in [2.24, 2.45) is 0 Å². The average Bonchev–Trinajstić information content (AvgIpc) is 2.85. The monoisotopic (exact) mass is 483 g/mol. The van der Waals surface area contributed by atoms with Crippen LogP contribution < -0.4 is 4.72 Å². The molecule has 1 aliphatic rings. The van der Waals surface area contributed by atoms with Crippen molar-refractivity contribution in [2.45, 2.75) is 10.9 Å². The van der Waals surface area contributed by atoms with E-state index in [1.165, 1.54) is 35.4 Å². The van der Waals surface area contributed by atoms with E-state index in [-0.39, 0.29) is 23.4 Å². The molecule has 0 unspecified atom stereocenters. The molecule has 0 aliphatic carbocycles. The van der Waals surface area contributed by atoms with Crippen LogP contribution in [0, 0.1) is 0 Å². The van der Waals surface area contributed by atoms with Crippen molar-refractivity contribution in [3.63, 3.8) is 0 Å². The van der Waals surface area contributed by atoms with Gasteiger partial charge in [0.25, 0.3) is 0 Å². The fourth-order valence-corrected chi connectivity index (χ4v) is 5.18. The van der Waals surface area contributed by atoms with Gasteiger partial charge >= 0.3 is 0 Å². The van der Waals surface area contributed by atoms with Gasteiger partial charge in [0.15, 0.2) is 0 Å². The van der Waals surface area contributed by atoms with Gasteiger partial charge in [-0.15, -0.1) is 0 Å². The summed E-state index contributed by atoms with van der Waals surface area (Å²) >= 11 is 5.82. The number of nitrogens with zero attached hydrogens (tertiary/aromatic N) is 2. The number of benzene rings is 3. The van der Waals surface area contributed by atoms with Crippen LogP contribution in [0.5, 0.6) is 0 Å². The van der Waals surface area contributed by atoms with E-state index in [0.717, 1.165) is 0 Å². The second-order valence-corrected chi connectivity index (χ2v) is 10.1. The predicted molar refractivity (Wildman–Crippen MR) is 130 cm³/mol. The number of sulfonamides is 1. The summed E-state index contributed by atoms with van der Waals surface area (Å²) in [6, 6.07) is 26.6. The summed E-state index contributed by atoms with van der Waals surface area (Å²) < 4.78 is 27.3. The Hall–Kier alpha value is -2.71. The van der Waals surface area contributed by atoms with Gasteiger partial charge in [0, 0.05) is 31.2 Å². The minimum atomic E-state index is -3.77. The maximum atomic E-state index is 12.7. The van der Waals surface area contributed by atoms with Crippen LogP contribution in [0.4, 0.5) is 0 Å². The van der Waals surface area contributed by atoms with E-state index in [9.17, 15) is 13.2 Å². The van der Waals surface area contributed by atoms with Gasteiger partial charge in [-0.2, -0.15) is 0 Å². The van der Waals surface area contributed by atoms with Gasteiger partial charge < -0.3 is 4.90 Å². The molecule has 33 heavy (non-hydrogen) atoms. The number of carbonyl (C=O) groups excluding carboxylic acids is 1. The molecule has 6 nitrogen and oxygen atoms in total. The maximum absolute atomic E-state index is 12.7. The van der Waals surface area contributed by atoms with Gasteiger partial charge in [-0.3, -0.25) is 9.69 Å². The minimum absolute atomic E-state index is 0.0816. The zero-order valence-corrected chi connectivity index (χ0v) is 19.7. The van der Waals surface area contributed by atoms with Crippen LogP contribution in [0.1, 0.15) is 17.2 Å². The number of amides is 1. The smallest absolute Gasteiger partial charge is 0.241 e. The molecule has 0 radical (unpaired) electrons. The lowest BCUT2D eigenvalue weighted by Gasteiger charge is -2.39. The summed E-state index contributed by atoms with van der Waals surface area (Å²) in [5.41, 5.74) is 2.42. The molecule has 3 aromatic rings. The zero-order chi connectivity index (χ0) is 23.3. The Bertz CT molecular complexity index is 1130. The van der Waals surface area contributed by atoms with Crippen LogP contribution in [0.2, 0.25) is 5.02 Å². The van der Waals surface area contributed by atoms with Crippen LogP contribution in [0.15, 0.2) is 89.8 Å². The molecule has 1 aliphatic heterocycles. The molecule has 1 amide bonds. The summed E-state index contributed by atoms with van der Waals surface area (Å²) in [5, 5.41) is 0.451. The molecule has 0 bridgehead atoms. The molecular weight excluding hydrogens is 458 g/mol. The Morgan fingerprint density at radius 2 is 1.33 bits per heavy atom. The quantitative estimate of drug-likeness (QED) is 0.558. The molecule has 4 rings (SSSR count). The first-order valence-corrected chi connectivity index (χ1v) is 12.7. The highest BCUT2D eigenvalue weighted by atomic mass is 35.5. The van der Waals surface area contributed by atoms with E-state index in [2.05, 4.69) is 33.9 Å². The summed E-state index contributed by atoms with van der Waals surface area (Å²) in [6.07, 6.45) is 0. The molecule has 1 saturated heterocycles. The van der Waals surface area contributed by atoms with E-state index in [4.69, 9.17) is 11.6 Å². The summed E-state index contributed by atoms with van der Waals surface area (Å²) in [6.45, 7) is 2.20. The Labute approximate surface area is 199 Å². The Balaban J connectivity index is 1.38. The lowest BCUT2D eigenvalue weighted by Crippen LogP contribution is -2.52. The van der Waals surface area contributed by atoms with Crippen molar-refractivity contribution in [1.82, 2.24) is 14.5 Å². The highest BCUT2D eigenvalue weighted by Gasteiger charge is 2.28. The van der Waals surface area contributed by atoms with Gasteiger partial charge in [-0.1, -0.05) is 72.3 Å². The maximum Gasteiger partial charge on any atom is 0.241 e. The van der Waals surface area contributed by atoms with Crippen molar-refractivity contribution in [3.8, 4) is 0 Å². The topological polar surface area (TPSA) is 69.7 Å². The highest BCUT2D eigenvalue weighted by Crippen LogP contribution is 2.29. The van der Waals surface area contributed by atoms with Gasteiger partial charge in [-0.25, -0.2) is 13.1 Å². The van der Waals surface area contributed by atoms with Crippen molar-refractivity contribution in [2.75, 3.05) is 32.7 Å². The van der Waals surface area contributed by atoms with Gasteiger partial charge in [0.05, 0.1) is 17.5 Å².